The SMILES string of the molecule is CCCCCCOc1nc(-c2ccc(C)c3nsnc23)sc1-c1cccc2nsnc12. The van der Waals surface area contributed by atoms with E-state index in [0.717, 1.165) is 61.5 Å². The van der Waals surface area contributed by atoms with Crippen LogP contribution in [0.25, 0.3) is 43.1 Å². The molecule has 0 amide bonds. The van der Waals surface area contributed by atoms with Gasteiger partial charge in [-0.2, -0.15) is 17.5 Å². The highest BCUT2D eigenvalue weighted by Gasteiger charge is 2.21. The Kier molecular flexibility index (Phi) is 5.89. The van der Waals surface area contributed by atoms with Crippen molar-refractivity contribution in [3.05, 3.63) is 35.9 Å². The van der Waals surface area contributed by atoms with E-state index >= 15 is 0 Å². The number of aryl methyl sites for hydroxylation is 1. The predicted molar refractivity (Wildman–Crippen MR) is 129 cm³/mol. The zero-order valence-corrected chi connectivity index (χ0v) is 19.7. The lowest BCUT2D eigenvalue weighted by Crippen LogP contribution is -1.98. The molecule has 6 nitrogen and oxygen atoms in total. The molecule has 0 atom stereocenters. The summed E-state index contributed by atoms with van der Waals surface area (Å²) in [6.45, 7) is 4.93. The number of unbranched alkanes of at least 4 members (excludes halogenated alkanes) is 3. The second-order valence-corrected chi connectivity index (χ2v) is 9.45. The predicted octanol–water partition coefficient (Wildman–Crippen LogP) is 6.75. The van der Waals surface area contributed by atoms with E-state index in [2.05, 4.69) is 49.5 Å². The van der Waals surface area contributed by atoms with Crippen LogP contribution in [0.4, 0.5) is 0 Å². The summed E-state index contributed by atoms with van der Waals surface area (Å²) < 4.78 is 24.1. The minimum Gasteiger partial charge on any atom is -0.477 e. The molecule has 0 unspecified atom stereocenters. The monoisotopic (exact) mass is 467 g/mol. The third-order valence-corrected chi connectivity index (χ3v) is 7.39. The third kappa shape index (κ3) is 3.93. The van der Waals surface area contributed by atoms with Gasteiger partial charge in [-0.05, 0) is 31.0 Å². The van der Waals surface area contributed by atoms with Crippen LogP contribution in [0.1, 0.15) is 38.2 Å². The number of benzene rings is 2. The van der Waals surface area contributed by atoms with Crippen LogP contribution >= 0.6 is 34.8 Å². The average molecular weight is 468 g/mol. The number of nitrogens with zero attached hydrogens (tertiary/aromatic N) is 5. The first-order valence-corrected chi connectivity index (χ1v) is 12.6. The lowest BCUT2D eigenvalue weighted by atomic mass is 10.1. The van der Waals surface area contributed by atoms with Gasteiger partial charge in [-0.15, -0.1) is 11.3 Å². The second kappa shape index (κ2) is 8.94. The van der Waals surface area contributed by atoms with Crippen molar-refractivity contribution in [2.75, 3.05) is 6.61 Å². The summed E-state index contributed by atoms with van der Waals surface area (Å²) in [5, 5.41) is 0.886. The molecule has 158 valence electrons. The molecule has 0 spiro atoms. The Hall–Kier alpha value is -2.49. The average Bonchev–Trinajstić information content (AvgIpc) is 3.53. The first-order chi connectivity index (χ1) is 15.3. The van der Waals surface area contributed by atoms with Crippen LogP contribution in [-0.2, 0) is 0 Å². The van der Waals surface area contributed by atoms with Crippen LogP contribution in [0.5, 0.6) is 5.88 Å². The number of hydrogen-bond donors (Lipinski definition) is 0. The number of ether oxygens (including phenoxy) is 1. The van der Waals surface area contributed by atoms with E-state index in [1.807, 2.05) is 12.1 Å². The van der Waals surface area contributed by atoms with E-state index < -0.39 is 0 Å². The number of aromatic nitrogens is 5. The van der Waals surface area contributed by atoms with Gasteiger partial charge in [-0.25, -0.2) is 4.98 Å². The molecule has 31 heavy (non-hydrogen) atoms. The molecule has 0 aliphatic heterocycles. The van der Waals surface area contributed by atoms with Crippen molar-refractivity contribution in [1.82, 2.24) is 22.5 Å². The van der Waals surface area contributed by atoms with Gasteiger partial charge in [0, 0.05) is 11.1 Å². The molecule has 3 aromatic heterocycles. The molecule has 0 radical (unpaired) electrons. The van der Waals surface area contributed by atoms with Crippen LogP contribution in [0.2, 0.25) is 0 Å². The zero-order chi connectivity index (χ0) is 21.2. The van der Waals surface area contributed by atoms with Gasteiger partial charge in [-0.1, -0.05) is 44.4 Å². The number of fused-ring (bicyclic) bond motifs is 2. The Morgan fingerprint density at radius 1 is 0.839 bits per heavy atom. The first kappa shape index (κ1) is 20.4. The molecule has 5 aromatic rings. The molecule has 0 saturated heterocycles. The summed E-state index contributed by atoms with van der Waals surface area (Å²) in [4.78, 5) is 5.90. The Morgan fingerprint density at radius 3 is 2.58 bits per heavy atom. The summed E-state index contributed by atoms with van der Waals surface area (Å²) in [6.07, 6.45) is 4.61. The van der Waals surface area contributed by atoms with Crippen molar-refractivity contribution in [2.24, 2.45) is 0 Å². The Labute approximate surface area is 192 Å². The number of thiazole rings is 1. The van der Waals surface area contributed by atoms with Crippen molar-refractivity contribution in [2.45, 2.75) is 39.5 Å². The quantitative estimate of drug-likeness (QED) is 0.235. The summed E-state index contributed by atoms with van der Waals surface area (Å²) in [6, 6.07) is 10.2. The lowest BCUT2D eigenvalue weighted by Gasteiger charge is -2.06. The van der Waals surface area contributed by atoms with Crippen molar-refractivity contribution in [3.63, 3.8) is 0 Å². The summed E-state index contributed by atoms with van der Waals surface area (Å²) in [5.74, 6) is 0.661. The normalized spacial score (nSPS) is 11.5. The Balaban J connectivity index is 1.59. The van der Waals surface area contributed by atoms with Gasteiger partial charge < -0.3 is 4.74 Å². The molecule has 9 heteroatoms. The van der Waals surface area contributed by atoms with E-state index in [1.54, 1.807) is 11.3 Å². The fourth-order valence-corrected chi connectivity index (χ4v) is 5.77. The minimum absolute atomic E-state index is 0.656. The molecule has 0 fully saturated rings. The van der Waals surface area contributed by atoms with Gasteiger partial charge in [0.1, 0.15) is 32.0 Å². The molecule has 2 aromatic carbocycles. The summed E-state index contributed by atoms with van der Waals surface area (Å²) >= 11 is 4.08. The van der Waals surface area contributed by atoms with Crippen molar-refractivity contribution in [1.29, 1.82) is 0 Å². The standard InChI is InChI=1S/C22H21N5OS3/c1-3-4-5-6-12-28-21-20(14-8-7-9-16-18(14)26-30-24-16)29-22(23-21)15-11-10-13(2)17-19(15)27-31-25-17/h7-11H,3-6,12H2,1-2H3. The number of hydrogen-bond acceptors (Lipinski definition) is 9. The highest BCUT2D eigenvalue weighted by molar-refractivity contribution is 7.19. The molecule has 0 saturated carbocycles. The first-order valence-electron chi connectivity index (χ1n) is 10.3. The van der Waals surface area contributed by atoms with Gasteiger partial charge >= 0.3 is 0 Å². The Morgan fingerprint density at radius 2 is 1.68 bits per heavy atom. The highest BCUT2D eigenvalue weighted by atomic mass is 32.1. The van der Waals surface area contributed by atoms with E-state index in [1.165, 1.54) is 36.3 Å². The van der Waals surface area contributed by atoms with E-state index in [0.29, 0.717) is 12.5 Å². The summed E-state index contributed by atoms with van der Waals surface area (Å²) in [7, 11) is 0. The maximum Gasteiger partial charge on any atom is 0.233 e. The molecular weight excluding hydrogens is 446 g/mol. The van der Waals surface area contributed by atoms with E-state index in [-0.39, 0.29) is 0 Å². The smallest absolute Gasteiger partial charge is 0.233 e. The number of rotatable bonds is 8. The summed E-state index contributed by atoms with van der Waals surface area (Å²) in [5.41, 5.74) is 6.74. The van der Waals surface area contributed by atoms with Gasteiger partial charge in [0.2, 0.25) is 5.88 Å². The fraction of sp³-hybridized carbons (Fsp3) is 0.318. The fourth-order valence-electron chi connectivity index (χ4n) is 3.54. The molecule has 5 rings (SSSR count). The largest absolute Gasteiger partial charge is 0.477 e. The van der Waals surface area contributed by atoms with Crippen molar-refractivity contribution in [3.8, 4) is 26.9 Å². The molecule has 0 aliphatic carbocycles. The maximum atomic E-state index is 6.20. The molecule has 3 heterocycles. The van der Waals surface area contributed by atoms with Crippen LogP contribution < -0.4 is 4.74 Å². The molecule has 0 N–H and O–H groups in total. The lowest BCUT2D eigenvalue weighted by molar-refractivity contribution is 0.297. The van der Waals surface area contributed by atoms with Gasteiger partial charge in [0.05, 0.1) is 30.1 Å². The van der Waals surface area contributed by atoms with Crippen LogP contribution in [-0.4, -0.2) is 29.1 Å². The van der Waals surface area contributed by atoms with E-state index in [4.69, 9.17) is 9.72 Å². The zero-order valence-electron chi connectivity index (χ0n) is 17.3. The Bertz CT molecular complexity index is 1340. The van der Waals surface area contributed by atoms with Crippen LogP contribution in [0, 0.1) is 6.92 Å². The van der Waals surface area contributed by atoms with Gasteiger partial charge in [0.25, 0.3) is 0 Å². The third-order valence-electron chi connectivity index (χ3n) is 5.21. The van der Waals surface area contributed by atoms with E-state index in [9.17, 15) is 0 Å². The second-order valence-electron chi connectivity index (χ2n) is 7.39. The van der Waals surface area contributed by atoms with Crippen molar-refractivity contribution < 1.29 is 4.74 Å². The minimum atomic E-state index is 0.656. The van der Waals surface area contributed by atoms with Gasteiger partial charge in [0.15, 0.2) is 0 Å². The molecular formula is C22H21N5OS3. The maximum absolute atomic E-state index is 6.20. The van der Waals surface area contributed by atoms with Crippen molar-refractivity contribution >= 4 is 56.9 Å². The van der Waals surface area contributed by atoms with Crippen LogP contribution in [0.15, 0.2) is 30.3 Å². The highest BCUT2D eigenvalue weighted by Crippen LogP contribution is 2.43. The molecule has 0 aliphatic rings. The van der Waals surface area contributed by atoms with Crippen LogP contribution in [0.3, 0.4) is 0 Å². The van der Waals surface area contributed by atoms with Gasteiger partial charge in [-0.3, -0.25) is 0 Å². The molecule has 0 bridgehead atoms. The topological polar surface area (TPSA) is 73.7 Å².